The Morgan fingerprint density at radius 2 is 1.97 bits per heavy atom. The van der Waals surface area contributed by atoms with Crippen LogP contribution in [0.15, 0.2) is 69.0 Å². The number of halogens is 2. The number of nitrogens with zero attached hydrogens (tertiary/aromatic N) is 4. The SMILES string of the molecule is CCOc1cc(C=Nn2c([C@@H](C)CC)nc3ccc(Br)cc3c2=O)cc(I)c1OCc1cccc([N+](=O)[O-])c1. The fourth-order valence-corrected chi connectivity index (χ4v) is 5.03. The molecule has 0 saturated heterocycles. The molecule has 0 amide bonds. The van der Waals surface area contributed by atoms with Crippen molar-refractivity contribution in [3.05, 3.63) is 100 Å². The zero-order chi connectivity index (χ0) is 28.1. The molecule has 0 radical (unpaired) electrons. The maximum atomic E-state index is 13.4. The molecule has 0 N–H and O–H groups in total. The Labute approximate surface area is 247 Å². The van der Waals surface area contributed by atoms with E-state index in [-0.39, 0.29) is 23.8 Å². The van der Waals surface area contributed by atoms with Gasteiger partial charge in [-0.15, -0.1) is 0 Å². The van der Waals surface area contributed by atoms with Crippen LogP contribution < -0.4 is 15.0 Å². The highest BCUT2D eigenvalue weighted by atomic mass is 127. The predicted octanol–water partition coefficient (Wildman–Crippen LogP) is 7.05. The molecule has 9 nitrogen and oxygen atoms in total. The summed E-state index contributed by atoms with van der Waals surface area (Å²) in [4.78, 5) is 28.8. The Hall–Kier alpha value is -3.32. The highest BCUT2D eigenvalue weighted by Crippen LogP contribution is 2.35. The molecule has 0 spiro atoms. The maximum absolute atomic E-state index is 13.4. The summed E-state index contributed by atoms with van der Waals surface area (Å²) in [5.41, 5.74) is 1.76. The van der Waals surface area contributed by atoms with E-state index in [1.165, 1.54) is 16.8 Å². The van der Waals surface area contributed by atoms with E-state index in [4.69, 9.17) is 14.5 Å². The number of non-ortho nitro benzene ring substituents is 1. The van der Waals surface area contributed by atoms with Gasteiger partial charge in [0.2, 0.25) is 0 Å². The lowest BCUT2D eigenvalue weighted by atomic mass is 10.1. The summed E-state index contributed by atoms with van der Waals surface area (Å²) < 4.78 is 14.8. The molecule has 1 atom stereocenters. The topological polar surface area (TPSA) is 109 Å². The van der Waals surface area contributed by atoms with Crippen molar-refractivity contribution in [3.63, 3.8) is 0 Å². The van der Waals surface area contributed by atoms with Crippen molar-refractivity contribution in [2.24, 2.45) is 5.10 Å². The van der Waals surface area contributed by atoms with Crippen LogP contribution in [-0.4, -0.2) is 27.4 Å². The second-order valence-corrected chi connectivity index (χ2v) is 10.9. The lowest BCUT2D eigenvalue weighted by Crippen LogP contribution is -2.23. The van der Waals surface area contributed by atoms with Crippen molar-refractivity contribution in [2.45, 2.75) is 39.7 Å². The molecule has 4 rings (SSSR count). The molecule has 0 fully saturated rings. The van der Waals surface area contributed by atoms with E-state index in [9.17, 15) is 14.9 Å². The third kappa shape index (κ3) is 6.64. The molecule has 202 valence electrons. The Bertz CT molecular complexity index is 1620. The van der Waals surface area contributed by atoms with Gasteiger partial charge in [0, 0.05) is 22.5 Å². The Morgan fingerprint density at radius 3 is 2.69 bits per heavy atom. The summed E-state index contributed by atoms with van der Waals surface area (Å²) in [7, 11) is 0. The van der Waals surface area contributed by atoms with Gasteiger partial charge in [-0.05, 0) is 77.4 Å². The quantitative estimate of drug-likeness (QED) is 0.0758. The van der Waals surface area contributed by atoms with Crippen molar-refractivity contribution in [3.8, 4) is 11.5 Å². The van der Waals surface area contributed by atoms with Gasteiger partial charge in [-0.1, -0.05) is 41.9 Å². The number of rotatable bonds is 10. The molecule has 11 heteroatoms. The number of hydrogen-bond donors (Lipinski definition) is 0. The summed E-state index contributed by atoms with van der Waals surface area (Å²) in [6.45, 7) is 6.47. The number of fused-ring (bicyclic) bond motifs is 1. The van der Waals surface area contributed by atoms with Crippen LogP contribution in [0.3, 0.4) is 0 Å². The van der Waals surface area contributed by atoms with Gasteiger partial charge >= 0.3 is 0 Å². The molecule has 39 heavy (non-hydrogen) atoms. The van der Waals surface area contributed by atoms with E-state index in [2.05, 4.69) is 43.6 Å². The van der Waals surface area contributed by atoms with Crippen LogP contribution in [0.5, 0.6) is 11.5 Å². The minimum atomic E-state index is -0.436. The monoisotopic (exact) mass is 704 g/mol. The first-order valence-corrected chi connectivity index (χ1v) is 14.2. The smallest absolute Gasteiger partial charge is 0.282 e. The number of aromatic nitrogens is 2. The summed E-state index contributed by atoms with van der Waals surface area (Å²) in [6.07, 6.45) is 2.40. The molecule has 0 aliphatic rings. The summed E-state index contributed by atoms with van der Waals surface area (Å²) in [5.74, 6) is 1.64. The van der Waals surface area contributed by atoms with E-state index in [0.29, 0.717) is 46.0 Å². The van der Waals surface area contributed by atoms with Gasteiger partial charge < -0.3 is 9.47 Å². The van der Waals surface area contributed by atoms with Crippen LogP contribution in [0.25, 0.3) is 10.9 Å². The molecule has 3 aromatic carbocycles. The predicted molar refractivity (Wildman–Crippen MR) is 163 cm³/mol. The van der Waals surface area contributed by atoms with Crippen molar-refractivity contribution in [2.75, 3.05) is 6.61 Å². The highest BCUT2D eigenvalue weighted by molar-refractivity contribution is 14.1. The molecule has 0 aliphatic heterocycles. The third-order valence-electron chi connectivity index (χ3n) is 6.05. The van der Waals surface area contributed by atoms with Gasteiger partial charge in [0.25, 0.3) is 11.2 Å². The van der Waals surface area contributed by atoms with Crippen molar-refractivity contribution >= 4 is 61.3 Å². The van der Waals surface area contributed by atoms with Crippen LogP contribution >= 0.6 is 38.5 Å². The van der Waals surface area contributed by atoms with Gasteiger partial charge in [-0.2, -0.15) is 9.78 Å². The number of benzene rings is 3. The molecule has 1 heterocycles. The number of ether oxygens (including phenoxy) is 2. The average Bonchev–Trinajstić information content (AvgIpc) is 2.92. The first-order valence-electron chi connectivity index (χ1n) is 12.3. The maximum Gasteiger partial charge on any atom is 0.282 e. The summed E-state index contributed by atoms with van der Waals surface area (Å²) in [6, 6.07) is 15.4. The van der Waals surface area contributed by atoms with Gasteiger partial charge in [-0.3, -0.25) is 14.9 Å². The van der Waals surface area contributed by atoms with E-state index in [1.54, 1.807) is 30.5 Å². The van der Waals surface area contributed by atoms with Gasteiger partial charge in [0.1, 0.15) is 12.4 Å². The minimum Gasteiger partial charge on any atom is -0.490 e. The van der Waals surface area contributed by atoms with Crippen molar-refractivity contribution in [1.82, 2.24) is 9.66 Å². The zero-order valence-electron chi connectivity index (χ0n) is 21.6. The molecule has 4 aromatic rings. The Balaban J connectivity index is 1.69. The largest absolute Gasteiger partial charge is 0.490 e. The first-order chi connectivity index (χ1) is 18.7. The number of nitro benzene ring substituents is 1. The molecular weight excluding hydrogens is 679 g/mol. The molecular formula is C28H26BrIN4O5. The molecule has 0 bridgehead atoms. The zero-order valence-corrected chi connectivity index (χ0v) is 25.3. The van der Waals surface area contributed by atoms with Crippen molar-refractivity contribution in [1.29, 1.82) is 0 Å². The van der Waals surface area contributed by atoms with Crippen LogP contribution in [0, 0.1) is 13.7 Å². The molecule has 1 aromatic heterocycles. The van der Waals surface area contributed by atoms with E-state index >= 15 is 0 Å². The second kappa shape index (κ2) is 12.7. The van der Waals surface area contributed by atoms with Gasteiger partial charge in [-0.25, -0.2) is 4.98 Å². The summed E-state index contributed by atoms with van der Waals surface area (Å²) >= 11 is 5.58. The lowest BCUT2D eigenvalue weighted by Gasteiger charge is -2.15. The van der Waals surface area contributed by atoms with Crippen LogP contribution in [-0.2, 0) is 6.61 Å². The minimum absolute atomic E-state index is 0.00456. The molecule has 0 aliphatic carbocycles. The lowest BCUT2D eigenvalue weighted by molar-refractivity contribution is -0.384. The number of hydrogen-bond acceptors (Lipinski definition) is 7. The number of nitro groups is 1. The second-order valence-electron chi connectivity index (χ2n) is 8.78. The van der Waals surface area contributed by atoms with E-state index < -0.39 is 4.92 Å². The van der Waals surface area contributed by atoms with E-state index in [0.717, 1.165) is 14.5 Å². The Morgan fingerprint density at radius 1 is 1.18 bits per heavy atom. The first kappa shape index (κ1) is 28.7. The van der Waals surface area contributed by atoms with Crippen LogP contribution in [0.1, 0.15) is 50.1 Å². The average molecular weight is 705 g/mol. The standard InChI is InChI=1S/C28H26BrIN4O5/c1-4-17(3)27-32-24-10-9-20(29)14-22(24)28(35)33(27)31-15-19-12-23(30)26(25(13-19)38-5-2)39-16-18-7-6-8-21(11-18)34(36)37/h6-15,17H,4-5,16H2,1-3H3/t17-/m0/s1. The molecule has 0 unspecified atom stereocenters. The third-order valence-corrected chi connectivity index (χ3v) is 7.34. The van der Waals surface area contributed by atoms with Crippen molar-refractivity contribution < 1.29 is 14.4 Å². The van der Waals surface area contributed by atoms with Crippen LogP contribution in [0.2, 0.25) is 0 Å². The van der Waals surface area contributed by atoms with Gasteiger partial charge in [0.05, 0.1) is 32.2 Å². The fraction of sp³-hybridized carbons (Fsp3) is 0.250. The molecule has 0 saturated carbocycles. The van der Waals surface area contributed by atoms with E-state index in [1.807, 2.05) is 39.0 Å². The van der Waals surface area contributed by atoms with Crippen LogP contribution in [0.4, 0.5) is 5.69 Å². The summed E-state index contributed by atoms with van der Waals surface area (Å²) in [5, 5.41) is 16.1. The highest BCUT2D eigenvalue weighted by Gasteiger charge is 2.17. The fourth-order valence-electron chi connectivity index (χ4n) is 3.88. The van der Waals surface area contributed by atoms with Gasteiger partial charge in [0.15, 0.2) is 11.5 Å². The normalized spacial score (nSPS) is 12.1. The Kier molecular flexibility index (Phi) is 9.33.